The molecule has 0 N–H and O–H groups in total. The SMILES string of the molecule is COc1cc(F)ccc1-c1cccc(-n2cnc3cc(C#N)ccc32)c1. The molecule has 0 saturated carbocycles. The molecule has 26 heavy (non-hydrogen) atoms. The lowest BCUT2D eigenvalue weighted by Crippen LogP contribution is -1.94. The molecule has 1 heterocycles. The van der Waals surface area contributed by atoms with Crippen LogP contribution in [-0.2, 0) is 0 Å². The average Bonchev–Trinajstić information content (AvgIpc) is 3.11. The summed E-state index contributed by atoms with van der Waals surface area (Å²) in [6.07, 6.45) is 1.73. The van der Waals surface area contributed by atoms with Crippen LogP contribution in [0.1, 0.15) is 5.56 Å². The van der Waals surface area contributed by atoms with Gasteiger partial charge < -0.3 is 4.74 Å². The Bertz CT molecular complexity index is 1160. The zero-order chi connectivity index (χ0) is 18.1. The fraction of sp³-hybridized carbons (Fsp3) is 0.0476. The molecule has 3 aromatic carbocycles. The molecule has 0 unspecified atom stereocenters. The van der Waals surface area contributed by atoms with Crippen LogP contribution < -0.4 is 4.74 Å². The second kappa shape index (κ2) is 6.34. The van der Waals surface area contributed by atoms with Crippen LogP contribution in [-0.4, -0.2) is 16.7 Å². The zero-order valence-electron chi connectivity index (χ0n) is 14.0. The molecule has 0 aliphatic rings. The Labute approximate surface area is 149 Å². The molecule has 126 valence electrons. The number of nitriles is 1. The third-order valence-electron chi connectivity index (χ3n) is 4.28. The largest absolute Gasteiger partial charge is 0.496 e. The summed E-state index contributed by atoms with van der Waals surface area (Å²) < 4.78 is 20.7. The summed E-state index contributed by atoms with van der Waals surface area (Å²) in [6.45, 7) is 0. The predicted molar refractivity (Wildman–Crippen MR) is 97.7 cm³/mol. The minimum absolute atomic E-state index is 0.337. The summed E-state index contributed by atoms with van der Waals surface area (Å²) in [7, 11) is 1.53. The van der Waals surface area contributed by atoms with Crippen LogP contribution in [0.2, 0.25) is 0 Å². The van der Waals surface area contributed by atoms with Gasteiger partial charge in [-0.25, -0.2) is 9.37 Å². The number of benzene rings is 3. The van der Waals surface area contributed by atoms with Crippen molar-refractivity contribution in [3.05, 3.63) is 78.4 Å². The Morgan fingerprint density at radius 3 is 2.77 bits per heavy atom. The van der Waals surface area contributed by atoms with E-state index in [1.807, 2.05) is 34.9 Å². The monoisotopic (exact) mass is 343 g/mol. The van der Waals surface area contributed by atoms with Crippen molar-refractivity contribution in [3.8, 4) is 28.6 Å². The maximum absolute atomic E-state index is 13.5. The van der Waals surface area contributed by atoms with E-state index in [0.29, 0.717) is 11.3 Å². The van der Waals surface area contributed by atoms with Crippen LogP contribution >= 0.6 is 0 Å². The van der Waals surface area contributed by atoms with E-state index in [1.54, 1.807) is 24.5 Å². The van der Waals surface area contributed by atoms with Crippen LogP contribution in [0.15, 0.2) is 67.0 Å². The van der Waals surface area contributed by atoms with Gasteiger partial charge in [-0.15, -0.1) is 0 Å². The number of ether oxygens (including phenoxy) is 1. The molecule has 0 bridgehead atoms. The van der Waals surface area contributed by atoms with E-state index in [9.17, 15) is 4.39 Å². The molecular weight excluding hydrogens is 329 g/mol. The highest BCUT2D eigenvalue weighted by atomic mass is 19.1. The maximum Gasteiger partial charge on any atom is 0.129 e. The molecule has 0 amide bonds. The van der Waals surface area contributed by atoms with E-state index >= 15 is 0 Å². The van der Waals surface area contributed by atoms with Crippen LogP contribution in [0.4, 0.5) is 4.39 Å². The molecular formula is C21H14FN3O. The number of halogens is 1. The molecule has 4 aromatic rings. The lowest BCUT2D eigenvalue weighted by atomic mass is 10.0. The standard InChI is InChI=1S/C21H14FN3O/c1-26-21-11-16(22)6-7-18(21)15-3-2-4-17(10-15)25-13-24-19-9-14(12-23)5-8-20(19)25/h2-11,13H,1H3. The van der Waals surface area contributed by atoms with Crippen LogP contribution in [0.3, 0.4) is 0 Å². The van der Waals surface area contributed by atoms with E-state index in [2.05, 4.69) is 11.1 Å². The molecule has 1 aromatic heterocycles. The van der Waals surface area contributed by atoms with Gasteiger partial charge in [0.2, 0.25) is 0 Å². The van der Waals surface area contributed by atoms with Crippen molar-refractivity contribution in [2.45, 2.75) is 0 Å². The van der Waals surface area contributed by atoms with Crippen molar-refractivity contribution in [1.82, 2.24) is 9.55 Å². The van der Waals surface area contributed by atoms with E-state index in [4.69, 9.17) is 10.00 Å². The molecule has 0 aliphatic carbocycles. The number of rotatable bonds is 3. The Morgan fingerprint density at radius 2 is 1.96 bits per heavy atom. The summed E-state index contributed by atoms with van der Waals surface area (Å²) in [5, 5.41) is 9.03. The topological polar surface area (TPSA) is 50.8 Å². The Morgan fingerprint density at radius 1 is 1.08 bits per heavy atom. The fourth-order valence-electron chi connectivity index (χ4n) is 3.01. The van der Waals surface area contributed by atoms with Crippen molar-refractivity contribution in [1.29, 1.82) is 5.26 Å². The first-order valence-electron chi connectivity index (χ1n) is 8.01. The van der Waals surface area contributed by atoms with Gasteiger partial charge in [-0.2, -0.15) is 5.26 Å². The lowest BCUT2D eigenvalue weighted by Gasteiger charge is -2.11. The minimum Gasteiger partial charge on any atom is -0.496 e. The Hall–Kier alpha value is -3.65. The van der Waals surface area contributed by atoms with Gasteiger partial charge in [-0.3, -0.25) is 4.57 Å². The summed E-state index contributed by atoms with van der Waals surface area (Å²) in [6, 6.07) is 19.9. The molecule has 0 radical (unpaired) electrons. The van der Waals surface area contributed by atoms with Gasteiger partial charge in [0.05, 0.1) is 29.8 Å². The fourth-order valence-corrected chi connectivity index (χ4v) is 3.01. The predicted octanol–water partition coefficient (Wildman–Crippen LogP) is 4.71. The number of hydrogen-bond acceptors (Lipinski definition) is 3. The first-order chi connectivity index (χ1) is 12.7. The van der Waals surface area contributed by atoms with Crippen LogP contribution in [0, 0.1) is 17.1 Å². The number of nitrogens with zero attached hydrogens (tertiary/aromatic N) is 3. The van der Waals surface area contributed by atoms with E-state index < -0.39 is 0 Å². The molecule has 4 nitrogen and oxygen atoms in total. The number of methoxy groups -OCH3 is 1. The van der Waals surface area contributed by atoms with E-state index in [1.165, 1.54) is 19.2 Å². The second-order valence-corrected chi connectivity index (χ2v) is 5.82. The summed E-state index contributed by atoms with van der Waals surface area (Å²) in [4.78, 5) is 4.39. The molecule has 5 heteroatoms. The maximum atomic E-state index is 13.5. The number of hydrogen-bond donors (Lipinski definition) is 0. The highest BCUT2D eigenvalue weighted by Crippen LogP contribution is 2.32. The minimum atomic E-state index is -0.337. The highest BCUT2D eigenvalue weighted by Gasteiger charge is 2.10. The highest BCUT2D eigenvalue weighted by molar-refractivity contribution is 5.80. The van der Waals surface area contributed by atoms with Crippen molar-refractivity contribution < 1.29 is 9.13 Å². The molecule has 0 saturated heterocycles. The Kier molecular flexibility index (Phi) is 3.86. The molecule has 0 spiro atoms. The van der Waals surface area contributed by atoms with Gasteiger partial charge in [-0.1, -0.05) is 12.1 Å². The number of imidazole rings is 1. The van der Waals surface area contributed by atoms with Gasteiger partial charge >= 0.3 is 0 Å². The van der Waals surface area contributed by atoms with Crippen molar-refractivity contribution in [2.24, 2.45) is 0 Å². The van der Waals surface area contributed by atoms with Crippen molar-refractivity contribution in [3.63, 3.8) is 0 Å². The number of aromatic nitrogens is 2. The molecule has 0 atom stereocenters. The van der Waals surface area contributed by atoms with Gasteiger partial charge in [0.15, 0.2) is 0 Å². The second-order valence-electron chi connectivity index (χ2n) is 5.82. The van der Waals surface area contributed by atoms with E-state index in [-0.39, 0.29) is 5.82 Å². The van der Waals surface area contributed by atoms with Crippen LogP contribution in [0.5, 0.6) is 5.75 Å². The lowest BCUT2D eigenvalue weighted by molar-refractivity contribution is 0.413. The van der Waals surface area contributed by atoms with Gasteiger partial charge in [0, 0.05) is 17.3 Å². The van der Waals surface area contributed by atoms with Gasteiger partial charge in [-0.05, 0) is 48.0 Å². The first-order valence-corrected chi connectivity index (χ1v) is 8.01. The molecule has 0 fully saturated rings. The normalized spacial score (nSPS) is 10.7. The van der Waals surface area contributed by atoms with Crippen LogP contribution in [0.25, 0.3) is 27.8 Å². The third-order valence-corrected chi connectivity index (χ3v) is 4.28. The summed E-state index contributed by atoms with van der Waals surface area (Å²) in [5.74, 6) is 0.145. The average molecular weight is 343 g/mol. The van der Waals surface area contributed by atoms with Gasteiger partial charge in [0.25, 0.3) is 0 Å². The molecule has 4 rings (SSSR count). The van der Waals surface area contributed by atoms with Crippen molar-refractivity contribution in [2.75, 3.05) is 7.11 Å². The summed E-state index contributed by atoms with van der Waals surface area (Å²) in [5.41, 5.74) is 4.89. The number of fused-ring (bicyclic) bond motifs is 1. The zero-order valence-corrected chi connectivity index (χ0v) is 14.0. The first kappa shape index (κ1) is 15.9. The molecule has 0 aliphatic heterocycles. The van der Waals surface area contributed by atoms with E-state index in [0.717, 1.165) is 27.8 Å². The van der Waals surface area contributed by atoms with Gasteiger partial charge in [0.1, 0.15) is 17.9 Å². The smallest absolute Gasteiger partial charge is 0.129 e. The van der Waals surface area contributed by atoms with Crippen molar-refractivity contribution >= 4 is 11.0 Å². The third kappa shape index (κ3) is 2.68. The Balaban J connectivity index is 1.84. The quantitative estimate of drug-likeness (QED) is 0.541. The summed E-state index contributed by atoms with van der Waals surface area (Å²) >= 11 is 0.